The van der Waals surface area contributed by atoms with E-state index in [9.17, 15) is 22.8 Å². The molecule has 0 aliphatic heterocycles. The molecule has 0 bridgehead atoms. The smallest absolute Gasteiger partial charge is 0.416 e. The Hall–Kier alpha value is -3.17. The first kappa shape index (κ1) is 20.1. The number of amides is 1. The number of aromatic nitrogens is 2. The minimum Gasteiger partial charge on any atom is -0.452 e. The first-order valence-corrected chi connectivity index (χ1v) is 7.94. The van der Waals surface area contributed by atoms with Crippen molar-refractivity contribution < 1.29 is 27.5 Å². The van der Waals surface area contributed by atoms with E-state index in [2.05, 4.69) is 20.6 Å². The molecule has 1 atom stereocenters. The summed E-state index contributed by atoms with van der Waals surface area (Å²) in [6, 6.07) is 5.82. The minimum atomic E-state index is -4.52. The molecule has 1 unspecified atom stereocenters. The summed E-state index contributed by atoms with van der Waals surface area (Å²) in [6.07, 6.45) is -2.66. The summed E-state index contributed by atoms with van der Waals surface area (Å²) in [6.45, 7) is 1.53. The Bertz CT molecular complexity index is 784. The summed E-state index contributed by atoms with van der Waals surface area (Å²) >= 11 is 0. The molecule has 0 fully saturated rings. The predicted octanol–water partition coefficient (Wildman–Crippen LogP) is 2.87. The third-order valence-electron chi connectivity index (χ3n) is 3.31. The largest absolute Gasteiger partial charge is 0.452 e. The molecular weight excluding hydrogens is 365 g/mol. The molecule has 1 aromatic heterocycles. The maximum atomic E-state index is 12.7. The molecule has 27 heavy (non-hydrogen) atoms. The number of nitrogens with zero attached hydrogens (tertiary/aromatic N) is 2. The lowest BCUT2D eigenvalue weighted by Gasteiger charge is -2.14. The van der Waals surface area contributed by atoms with Crippen LogP contribution in [-0.4, -0.2) is 34.5 Å². The number of ether oxygens (including phenoxy) is 1. The number of halogens is 3. The Morgan fingerprint density at radius 3 is 2.56 bits per heavy atom. The molecule has 10 heteroatoms. The molecule has 0 saturated carbocycles. The number of esters is 1. The molecule has 0 saturated heterocycles. The number of rotatable bonds is 7. The van der Waals surface area contributed by atoms with Crippen molar-refractivity contribution in [2.24, 2.45) is 0 Å². The van der Waals surface area contributed by atoms with Crippen LogP contribution in [0.25, 0.3) is 0 Å². The van der Waals surface area contributed by atoms with Crippen LogP contribution in [-0.2, 0) is 20.5 Å². The SMILES string of the molecule is CC(OC(=O)CCNc1ncccn1)C(=O)Nc1cccc(C(F)(F)F)c1. The van der Waals surface area contributed by atoms with E-state index in [1.54, 1.807) is 6.07 Å². The molecule has 2 N–H and O–H groups in total. The molecule has 0 aliphatic rings. The number of hydrogen-bond acceptors (Lipinski definition) is 6. The van der Waals surface area contributed by atoms with E-state index in [1.807, 2.05) is 0 Å². The Balaban J connectivity index is 1.80. The lowest BCUT2D eigenvalue weighted by molar-refractivity contribution is -0.152. The van der Waals surface area contributed by atoms with Crippen molar-refractivity contribution >= 4 is 23.5 Å². The molecule has 7 nitrogen and oxygen atoms in total. The van der Waals surface area contributed by atoms with Crippen LogP contribution in [0.1, 0.15) is 18.9 Å². The molecule has 144 valence electrons. The van der Waals surface area contributed by atoms with Crippen molar-refractivity contribution in [2.75, 3.05) is 17.2 Å². The van der Waals surface area contributed by atoms with Gasteiger partial charge in [0.1, 0.15) is 0 Å². The van der Waals surface area contributed by atoms with Crippen molar-refractivity contribution in [3.05, 3.63) is 48.3 Å². The number of nitrogens with one attached hydrogen (secondary N) is 2. The summed E-state index contributed by atoms with van der Waals surface area (Å²) in [5.74, 6) is -1.03. The third-order valence-corrected chi connectivity index (χ3v) is 3.31. The average Bonchev–Trinajstić information content (AvgIpc) is 2.62. The zero-order valence-electron chi connectivity index (χ0n) is 14.3. The van der Waals surface area contributed by atoms with Gasteiger partial charge in [-0.25, -0.2) is 9.97 Å². The lowest BCUT2D eigenvalue weighted by atomic mass is 10.2. The van der Waals surface area contributed by atoms with Gasteiger partial charge in [0.2, 0.25) is 5.95 Å². The number of hydrogen-bond donors (Lipinski definition) is 2. The molecule has 0 aliphatic carbocycles. The van der Waals surface area contributed by atoms with Crippen molar-refractivity contribution in [2.45, 2.75) is 25.6 Å². The van der Waals surface area contributed by atoms with Gasteiger partial charge in [0.05, 0.1) is 12.0 Å². The van der Waals surface area contributed by atoms with E-state index < -0.39 is 29.7 Å². The molecule has 1 aromatic carbocycles. The van der Waals surface area contributed by atoms with Gasteiger partial charge in [-0.2, -0.15) is 13.2 Å². The number of carbonyl (C=O) groups excluding carboxylic acids is 2. The first-order chi connectivity index (χ1) is 12.8. The van der Waals surface area contributed by atoms with Crippen LogP contribution in [0.4, 0.5) is 24.8 Å². The molecule has 2 aromatic rings. The quantitative estimate of drug-likeness (QED) is 0.716. The van der Waals surface area contributed by atoms with Gasteiger partial charge in [0.25, 0.3) is 5.91 Å². The van der Waals surface area contributed by atoms with Crippen molar-refractivity contribution in [3.63, 3.8) is 0 Å². The normalized spacial score (nSPS) is 12.1. The molecule has 1 heterocycles. The Labute approximate surface area is 153 Å². The fraction of sp³-hybridized carbons (Fsp3) is 0.294. The molecule has 1 amide bonds. The van der Waals surface area contributed by atoms with Gasteiger partial charge < -0.3 is 15.4 Å². The van der Waals surface area contributed by atoms with Crippen LogP contribution in [0, 0.1) is 0 Å². The second-order valence-corrected chi connectivity index (χ2v) is 5.45. The van der Waals surface area contributed by atoms with Crippen LogP contribution >= 0.6 is 0 Å². The topological polar surface area (TPSA) is 93.2 Å². The van der Waals surface area contributed by atoms with Gasteiger partial charge in [-0.15, -0.1) is 0 Å². The fourth-order valence-electron chi connectivity index (χ4n) is 1.99. The number of alkyl halides is 3. The zero-order valence-corrected chi connectivity index (χ0v) is 14.3. The van der Waals surface area contributed by atoms with Crippen molar-refractivity contribution in [1.29, 1.82) is 0 Å². The predicted molar refractivity (Wildman–Crippen MR) is 90.8 cm³/mol. The Kier molecular flexibility index (Phi) is 6.69. The van der Waals surface area contributed by atoms with Gasteiger partial charge in [-0.05, 0) is 31.2 Å². The third kappa shape index (κ3) is 6.57. The maximum absolute atomic E-state index is 12.7. The Morgan fingerprint density at radius 1 is 1.19 bits per heavy atom. The standard InChI is InChI=1S/C17H17F3N4O3/c1-11(27-14(25)6-9-23-16-21-7-3-8-22-16)15(26)24-13-5-2-4-12(10-13)17(18,19)20/h2-5,7-8,10-11H,6,9H2,1H3,(H,24,26)(H,21,22,23). The average molecular weight is 382 g/mol. The van der Waals surface area contributed by atoms with Crippen LogP contribution in [0.15, 0.2) is 42.7 Å². The number of benzene rings is 1. The van der Waals surface area contributed by atoms with Gasteiger partial charge >= 0.3 is 12.1 Å². The lowest BCUT2D eigenvalue weighted by Crippen LogP contribution is -2.30. The maximum Gasteiger partial charge on any atom is 0.416 e. The van der Waals surface area contributed by atoms with Crippen LogP contribution in [0.3, 0.4) is 0 Å². The number of carbonyl (C=O) groups is 2. The van der Waals surface area contributed by atoms with E-state index >= 15 is 0 Å². The summed E-state index contributed by atoms with van der Waals surface area (Å²) in [5, 5.41) is 5.10. The molecule has 0 spiro atoms. The first-order valence-electron chi connectivity index (χ1n) is 7.94. The monoisotopic (exact) mass is 382 g/mol. The van der Waals surface area contributed by atoms with Crippen LogP contribution in [0.2, 0.25) is 0 Å². The van der Waals surface area contributed by atoms with Crippen LogP contribution in [0.5, 0.6) is 0 Å². The summed E-state index contributed by atoms with van der Waals surface area (Å²) in [7, 11) is 0. The van der Waals surface area contributed by atoms with E-state index in [0.29, 0.717) is 5.95 Å². The van der Waals surface area contributed by atoms with Gasteiger partial charge in [0, 0.05) is 24.6 Å². The fourth-order valence-corrected chi connectivity index (χ4v) is 1.99. The van der Waals surface area contributed by atoms with E-state index in [4.69, 9.17) is 4.74 Å². The molecule has 2 rings (SSSR count). The van der Waals surface area contributed by atoms with E-state index in [0.717, 1.165) is 12.1 Å². The summed E-state index contributed by atoms with van der Waals surface area (Å²) in [5.41, 5.74) is -0.931. The van der Waals surface area contributed by atoms with Gasteiger partial charge in [-0.1, -0.05) is 6.07 Å². The minimum absolute atomic E-state index is 0.0411. The highest BCUT2D eigenvalue weighted by atomic mass is 19.4. The highest BCUT2D eigenvalue weighted by Gasteiger charge is 2.30. The van der Waals surface area contributed by atoms with Crippen molar-refractivity contribution in [1.82, 2.24) is 9.97 Å². The highest BCUT2D eigenvalue weighted by molar-refractivity contribution is 5.95. The second-order valence-electron chi connectivity index (χ2n) is 5.45. The summed E-state index contributed by atoms with van der Waals surface area (Å²) < 4.78 is 43.0. The van der Waals surface area contributed by atoms with Gasteiger partial charge in [0.15, 0.2) is 6.10 Å². The van der Waals surface area contributed by atoms with Crippen LogP contribution < -0.4 is 10.6 Å². The summed E-state index contributed by atoms with van der Waals surface area (Å²) in [4.78, 5) is 31.6. The van der Waals surface area contributed by atoms with E-state index in [-0.39, 0.29) is 18.7 Å². The van der Waals surface area contributed by atoms with Crippen molar-refractivity contribution in [3.8, 4) is 0 Å². The second kappa shape index (κ2) is 8.97. The molecular formula is C17H17F3N4O3. The number of anilines is 2. The molecule has 0 radical (unpaired) electrons. The Morgan fingerprint density at radius 2 is 1.89 bits per heavy atom. The highest BCUT2D eigenvalue weighted by Crippen LogP contribution is 2.30. The zero-order chi connectivity index (χ0) is 19.9. The van der Waals surface area contributed by atoms with E-state index in [1.165, 1.54) is 31.5 Å². The van der Waals surface area contributed by atoms with Gasteiger partial charge in [-0.3, -0.25) is 9.59 Å².